The third-order valence-electron chi connectivity index (χ3n) is 4.04. The second kappa shape index (κ2) is 7.59. The minimum atomic E-state index is 0.0276. The van der Waals surface area contributed by atoms with Crippen LogP contribution >= 0.6 is 0 Å². The van der Waals surface area contributed by atoms with E-state index in [-0.39, 0.29) is 11.8 Å². The van der Waals surface area contributed by atoms with Crippen molar-refractivity contribution in [3.63, 3.8) is 0 Å². The Morgan fingerprint density at radius 3 is 2.70 bits per heavy atom. The lowest BCUT2D eigenvalue weighted by molar-refractivity contribution is -0.116. The largest absolute Gasteiger partial charge is 0.383 e. The van der Waals surface area contributed by atoms with Gasteiger partial charge in [0, 0.05) is 44.9 Å². The van der Waals surface area contributed by atoms with Crippen LogP contribution in [0.5, 0.6) is 0 Å². The average Bonchev–Trinajstić information content (AvgIpc) is 2.93. The number of fused-ring (bicyclic) bond motifs is 1. The van der Waals surface area contributed by atoms with Gasteiger partial charge in [0.05, 0.1) is 6.61 Å². The first-order valence-corrected chi connectivity index (χ1v) is 8.13. The molecule has 0 fully saturated rings. The highest BCUT2D eigenvalue weighted by Crippen LogP contribution is 2.29. The summed E-state index contributed by atoms with van der Waals surface area (Å²) in [5.74, 6) is 0.475. The van der Waals surface area contributed by atoms with Crippen LogP contribution in [0, 0.1) is 5.92 Å². The van der Waals surface area contributed by atoms with Crippen molar-refractivity contribution in [3.05, 3.63) is 29.3 Å². The highest BCUT2D eigenvalue weighted by atomic mass is 16.5. The molecule has 0 saturated heterocycles. The quantitative estimate of drug-likeness (QED) is 0.809. The Morgan fingerprint density at radius 1 is 1.35 bits per heavy atom. The zero-order chi connectivity index (χ0) is 17.0. The van der Waals surface area contributed by atoms with Crippen LogP contribution in [0.25, 0.3) is 0 Å². The first-order valence-electron chi connectivity index (χ1n) is 8.13. The Kier molecular flexibility index (Phi) is 5.77. The average molecular weight is 318 g/mol. The molecule has 2 amide bonds. The summed E-state index contributed by atoms with van der Waals surface area (Å²) in [6, 6.07) is 5.64. The highest BCUT2D eigenvalue weighted by Gasteiger charge is 2.24. The van der Waals surface area contributed by atoms with Crippen molar-refractivity contribution in [1.29, 1.82) is 0 Å². The third-order valence-corrected chi connectivity index (χ3v) is 4.04. The van der Waals surface area contributed by atoms with Crippen molar-refractivity contribution in [1.82, 2.24) is 4.90 Å². The molecule has 1 aromatic rings. The normalized spacial score (nSPS) is 13.3. The summed E-state index contributed by atoms with van der Waals surface area (Å²) in [5.41, 5.74) is 2.69. The number of carbonyl (C=O) groups is 2. The smallest absolute Gasteiger partial charge is 0.253 e. The van der Waals surface area contributed by atoms with Gasteiger partial charge in [-0.05, 0) is 36.1 Å². The lowest BCUT2D eigenvalue weighted by Crippen LogP contribution is -2.36. The van der Waals surface area contributed by atoms with E-state index in [0.29, 0.717) is 37.7 Å². The standard InChI is InChI=1S/C18H26N2O3/c1-13(2)12-19(9-10-23-4)18(22)16-5-6-17-15(11-16)7-8-20(17)14(3)21/h5-6,11,13H,7-10,12H2,1-4H3. The van der Waals surface area contributed by atoms with Crippen molar-refractivity contribution in [2.45, 2.75) is 27.2 Å². The summed E-state index contributed by atoms with van der Waals surface area (Å²) < 4.78 is 5.12. The topological polar surface area (TPSA) is 49.9 Å². The molecule has 1 heterocycles. The van der Waals surface area contributed by atoms with Crippen LogP contribution in [0.2, 0.25) is 0 Å². The zero-order valence-electron chi connectivity index (χ0n) is 14.5. The Morgan fingerprint density at radius 2 is 2.09 bits per heavy atom. The van der Waals surface area contributed by atoms with Gasteiger partial charge in [-0.2, -0.15) is 0 Å². The number of anilines is 1. The molecule has 23 heavy (non-hydrogen) atoms. The molecule has 5 heteroatoms. The molecule has 0 bridgehead atoms. The van der Waals surface area contributed by atoms with Gasteiger partial charge in [-0.15, -0.1) is 0 Å². The van der Waals surface area contributed by atoms with Crippen LogP contribution in [-0.2, 0) is 16.0 Å². The second-order valence-corrected chi connectivity index (χ2v) is 6.40. The Bertz CT molecular complexity index is 584. The van der Waals surface area contributed by atoms with Crippen LogP contribution in [0.4, 0.5) is 5.69 Å². The minimum Gasteiger partial charge on any atom is -0.383 e. The van der Waals surface area contributed by atoms with Crippen LogP contribution in [-0.4, -0.2) is 50.1 Å². The van der Waals surface area contributed by atoms with Gasteiger partial charge >= 0.3 is 0 Å². The van der Waals surface area contributed by atoms with Crippen molar-refractivity contribution >= 4 is 17.5 Å². The molecule has 0 unspecified atom stereocenters. The third kappa shape index (κ3) is 4.10. The van der Waals surface area contributed by atoms with E-state index < -0.39 is 0 Å². The predicted octanol–water partition coefficient (Wildman–Crippen LogP) is 2.34. The summed E-state index contributed by atoms with van der Waals surface area (Å²) in [7, 11) is 1.64. The molecule has 1 aromatic carbocycles. The maximum absolute atomic E-state index is 12.8. The molecule has 5 nitrogen and oxygen atoms in total. The van der Waals surface area contributed by atoms with E-state index in [2.05, 4.69) is 13.8 Å². The number of methoxy groups -OCH3 is 1. The van der Waals surface area contributed by atoms with Crippen molar-refractivity contribution < 1.29 is 14.3 Å². The number of rotatable bonds is 6. The summed E-state index contributed by atoms with van der Waals surface area (Å²) in [6.07, 6.45) is 0.804. The molecule has 0 radical (unpaired) electrons. The number of amides is 2. The highest BCUT2D eigenvalue weighted by molar-refractivity contribution is 5.97. The number of hydrogen-bond acceptors (Lipinski definition) is 3. The summed E-state index contributed by atoms with van der Waals surface area (Å²) >= 11 is 0. The fourth-order valence-corrected chi connectivity index (χ4v) is 2.96. The SMILES string of the molecule is COCCN(CC(C)C)C(=O)c1ccc2c(c1)CCN2C(C)=O. The molecule has 1 aliphatic rings. The van der Waals surface area contributed by atoms with E-state index >= 15 is 0 Å². The molecule has 0 aliphatic carbocycles. The van der Waals surface area contributed by atoms with Crippen LogP contribution in [0.15, 0.2) is 18.2 Å². The molecule has 0 spiro atoms. The van der Waals surface area contributed by atoms with Gasteiger partial charge in [0.2, 0.25) is 5.91 Å². The van der Waals surface area contributed by atoms with E-state index in [9.17, 15) is 9.59 Å². The van der Waals surface area contributed by atoms with E-state index in [1.54, 1.807) is 18.9 Å². The zero-order valence-corrected chi connectivity index (χ0v) is 14.5. The molecular formula is C18H26N2O3. The predicted molar refractivity (Wildman–Crippen MR) is 90.8 cm³/mol. The monoisotopic (exact) mass is 318 g/mol. The van der Waals surface area contributed by atoms with Crippen molar-refractivity contribution in [2.24, 2.45) is 5.92 Å². The van der Waals surface area contributed by atoms with Gasteiger partial charge < -0.3 is 14.5 Å². The fourth-order valence-electron chi connectivity index (χ4n) is 2.96. The molecular weight excluding hydrogens is 292 g/mol. The van der Waals surface area contributed by atoms with Crippen molar-refractivity contribution in [2.75, 3.05) is 38.3 Å². The Hall–Kier alpha value is -1.88. The number of benzene rings is 1. The summed E-state index contributed by atoms with van der Waals surface area (Å²) in [4.78, 5) is 28.0. The molecule has 0 saturated carbocycles. The fraction of sp³-hybridized carbons (Fsp3) is 0.556. The molecule has 0 atom stereocenters. The summed E-state index contributed by atoms with van der Waals surface area (Å²) in [5, 5.41) is 0. The molecule has 126 valence electrons. The Labute approximate surface area is 138 Å². The van der Waals surface area contributed by atoms with Crippen LogP contribution in [0.1, 0.15) is 36.7 Å². The van der Waals surface area contributed by atoms with Crippen LogP contribution in [0.3, 0.4) is 0 Å². The van der Waals surface area contributed by atoms with Gasteiger partial charge in [-0.25, -0.2) is 0 Å². The molecule has 2 rings (SSSR count). The van der Waals surface area contributed by atoms with E-state index in [4.69, 9.17) is 4.74 Å². The first kappa shape index (κ1) is 17.5. The number of ether oxygens (including phenoxy) is 1. The Balaban J connectivity index is 2.20. The maximum Gasteiger partial charge on any atom is 0.253 e. The van der Waals surface area contributed by atoms with Gasteiger partial charge in [0.15, 0.2) is 0 Å². The van der Waals surface area contributed by atoms with Gasteiger partial charge in [0.25, 0.3) is 5.91 Å². The lowest BCUT2D eigenvalue weighted by Gasteiger charge is -2.24. The molecule has 1 aliphatic heterocycles. The number of nitrogens with zero attached hydrogens (tertiary/aromatic N) is 2. The number of carbonyl (C=O) groups excluding carboxylic acids is 2. The minimum absolute atomic E-state index is 0.0276. The first-order chi connectivity index (χ1) is 10.9. The number of hydrogen-bond donors (Lipinski definition) is 0. The molecule has 0 N–H and O–H groups in total. The van der Waals surface area contributed by atoms with E-state index in [1.165, 1.54) is 0 Å². The van der Waals surface area contributed by atoms with Crippen molar-refractivity contribution in [3.8, 4) is 0 Å². The van der Waals surface area contributed by atoms with Crippen LogP contribution < -0.4 is 4.90 Å². The van der Waals surface area contributed by atoms with E-state index in [1.807, 2.05) is 23.1 Å². The second-order valence-electron chi connectivity index (χ2n) is 6.40. The van der Waals surface area contributed by atoms with Gasteiger partial charge in [-0.3, -0.25) is 9.59 Å². The lowest BCUT2D eigenvalue weighted by atomic mass is 10.1. The van der Waals surface area contributed by atoms with Gasteiger partial charge in [-0.1, -0.05) is 13.8 Å². The van der Waals surface area contributed by atoms with Gasteiger partial charge in [0.1, 0.15) is 0 Å². The van der Waals surface area contributed by atoms with E-state index in [0.717, 1.165) is 17.7 Å². The summed E-state index contributed by atoms with van der Waals surface area (Å²) in [6.45, 7) is 8.29. The molecule has 0 aromatic heterocycles. The maximum atomic E-state index is 12.8.